The fraction of sp³-hybridized carbons (Fsp3) is 0.833. The van der Waals surface area contributed by atoms with E-state index in [1.165, 1.54) is 70.6 Å². The molecule has 0 saturated heterocycles. The zero-order valence-electron chi connectivity index (χ0n) is 14.4. The van der Waals surface area contributed by atoms with Crippen molar-refractivity contribution in [3.8, 4) is 0 Å². The number of hydrogen-bond donors (Lipinski definition) is 1. The molecule has 0 bridgehead atoms. The van der Waals surface area contributed by atoms with Gasteiger partial charge in [-0.15, -0.1) is 0 Å². The van der Waals surface area contributed by atoms with Gasteiger partial charge in [0.15, 0.2) is 0 Å². The van der Waals surface area contributed by atoms with Gasteiger partial charge < -0.3 is 5.11 Å². The summed E-state index contributed by atoms with van der Waals surface area (Å²) in [5.41, 5.74) is 0. The molecule has 0 aromatic carbocycles. The Morgan fingerprint density at radius 3 is 1.90 bits per heavy atom. The predicted octanol–water partition coefficient (Wildman–Crippen LogP) is 6.11. The van der Waals surface area contributed by atoms with Crippen LogP contribution in [0.3, 0.4) is 0 Å². The molecule has 0 radical (unpaired) electrons. The van der Waals surface area contributed by atoms with E-state index in [0.29, 0.717) is 6.42 Å². The van der Waals surface area contributed by atoms with Crippen LogP contribution >= 0.6 is 0 Å². The molecule has 2 nitrogen and oxygen atoms in total. The molecule has 0 amide bonds. The molecule has 0 aromatic heterocycles. The van der Waals surface area contributed by atoms with Gasteiger partial charge in [0.25, 0.3) is 1.43 Å². The zero-order chi connectivity index (χ0) is 15.6. The second kappa shape index (κ2) is 16.3. The molecule has 0 fully saturated rings. The Hall–Kier alpha value is -0.790. The largest absolute Gasteiger partial charge is 0.481 e. The van der Waals surface area contributed by atoms with Crippen molar-refractivity contribution in [3.63, 3.8) is 0 Å². The minimum absolute atomic E-state index is 0.391. The lowest BCUT2D eigenvalue weighted by atomic mass is 10.1. The highest BCUT2D eigenvalue weighted by atomic mass is 16.4. The van der Waals surface area contributed by atoms with Gasteiger partial charge in [0, 0.05) is 6.42 Å². The van der Waals surface area contributed by atoms with Gasteiger partial charge in [-0.2, -0.15) is 0 Å². The Bertz CT molecular complexity index is 252. The summed E-state index contributed by atoms with van der Waals surface area (Å²) in [5.74, 6) is -0.410. The van der Waals surface area contributed by atoms with Crippen LogP contribution in [0, 0.1) is 0 Å². The molecule has 0 heterocycles. The third-order valence-electron chi connectivity index (χ3n) is 3.64. The van der Waals surface area contributed by atoms with E-state index in [2.05, 4.69) is 24.2 Å². The maximum absolute atomic E-state index is 10.7. The molecule has 0 spiro atoms. The summed E-state index contributed by atoms with van der Waals surface area (Å²) in [4.78, 5) is 10.7. The predicted molar refractivity (Wildman–Crippen MR) is 87.1 cm³/mol. The Kier molecular flexibility index (Phi) is 14.0. The number of hydrogen-bond acceptors (Lipinski definition) is 2. The van der Waals surface area contributed by atoms with Crippen LogP contribution in [0.1, 0.15) is 96.8 Å². The van der Waals surface area contributed by atoms with Crippen LogP contribution < -0.4 is 0 Å². The first kappa shape index (κ1) is 17.3. The summed E-state index contributed by atoms with van der Waals surface area (Å²) in [6, 6.07) is 0. The molecule has 0 aliphatic rings. The number of carboxylic acid groups (broad SMARTS) is 1. The fourth-order valence-electron chi connectivity index (χ4n) is 2.34. The average molecular weight is 283 g/mol. The Morgan fingerprint density at radius 2 is 1.35 bits per heavy atom. The van der Waals surface area contributed by atoms with Crippen LogP contribution in [0.25, 0.3) is 1.43 Å². The van der Waals surface area contributed by atoms with E-state index in [4.69, 9.17) is 1.43 Å². The summed E-state index contributed by atoms with van der Waals surface area (Å²) in [6.45, 7) is 2.26. The van der Waals surface area contributed by atoms with Crippen LogP contribution in [-0.2, 0) is 4.79 Å². The van der Waals surface area contributed by atoms with E-state index in [9.17, 15) is 4.79 Å². The molecule has 118 valence electrons. The monoisotopic (exact) mass is 283 g/mol. The maximum atomic E-state index is 10.7. The minimum Gasteiger partial charge on any atom is -0.481 e. The van der Waals surface area contributed by atoms with Gasteiger partial charge in [-0.3, -0.25) is 4.79 Å². The second-order valence-electron chi connectivity index (χ2n) is 5.71. The molecule has 0 saturated carbocycles. The van der Waals surface area contributed by atoms with Crippen LogP contribution in [0.15, 0.2) is 12.2 Å². The first-order valence-electron chi connectivity index (χ1n) is 9.03. The van der Waals surface area contributed by atoms with Gasteiger partial charge in [-0.05, 0) is 32.1 Å². The van der Waals surface area contributed by atoms with Crippen LogP contribution in [0.4, 0.5) is 0 Å². The molecule has 0 unspecified atom stereocenters. The van der Waals surface area contributed by atoms with E-state index in [-0.39, 0.29) is 0 Å². The molecule has 2 heteroatoms. The standard InChI is InChI=1S/C18H34O2/c1-2-3-4-5-6-7-8-9-10-11-12-13-14-15-16-17-18(19)20/h9-10H,2-8,11-17H2,1H3,(H,19,20)/b10-9-/i/hD. The Morgan fingerprint density at radius 1 is 0.850 bits per heavy atom. The lowest BCUT2D eigenvalue weighted by Gasteiger charge is -1.99. The van der Waals surface area contributed by atoms with Crippen molar-refractivity contribution >= 4 is 5.97 Å². The van der Waals surface area contributed by atoms with E-state index in [0.717, 1.165) is 12.8 Å². The Labute approximate surface area is 127 Å². The second-order valence-corrected chi connectivity index (χ2v) is 5.71. The normalized spacial score (nSPS) is 11.8. The van der Waals surface area contributed by atoms with Crippen molar-refractivity contribution in [1.82, 2.24) is 0 Å². The van der Waals surface area contributed by atoms with Crippen LogP contribution in [0.5, 0.6) is 0 Å². The topological polar surface area (TPSA) is 37.3 Å². The molecule has 1 N–H and O–H groups in total. The molecule has 0 aromatic rings. The highest BCUT2D eigenvalue weighted by molar-refractivity contribution is 5.66. The lowest BCUT2D eigenvalue weighted by molar-refractivity contribution is -0.137. The van der Waals surface area contributed by atoms with Gasteiger partial charge in [0.05, 0.1) is 0 Å². The van der Waals surface area contributed by atoms with Crippen molar-refractivity contribution in [2.45, 2.75) is 96.8 Å². The summed E-state index contributed by atoms with van der Waals surface area (Å²) in [7, 11) is 0. The zero-order valence-corrected chi connectivity index (χ0v) is 13.4. The molecule has 0 aliphatic heterocycles. The maximum Gasteiger partial charge on any atom is 0.303 e. The van der Waals surface area contributed by atoms with Crippen molar-refractivity contribution in [2.24, 2.45) is 0 Å². The van der Waals surface area contributed by atoms with Crippen molar-refractivity contribution in [1.29, 1.82) is 1.43 Å². The summed E-state index contributed by atoms with van der Waals surface area (Å²) >= 11 is 0. The van der Waals surface area contributed by atoms with Crippen molar-refractivity contribution < 1.29 is 9.90 Å². The minimum atomic E-state index is -0.410. The molecule has 0 aliphatic carbocycles. The van der Waals surface area contributed by atoms with Crippen LogP contribution in [-0.4, -0.2) is 11.1 Å². The van der Waals surface area contributed by atoms with Gasteiger partial charge in [0.2, 0.25) is 0 Å². The van der Waals surface area contributed by atoms with E-state index in [1.54, 1.807) is 0 Å². The third-order valence-corrected chi connectivity index (χ3v) is 3.64. The lowest BCUT2D eigenvalue weighted by Crippen LogP contribution is -1.93. The number of carboxylic acids is 1. The molecular formula is C18H34O2. The Balaban J connectivity index is 3.10. The average Bonchev–Trinajstić information content (AvgIpc) is 2.50. The summed E-state index contributed by atoms with van der Waals surface area (Å²) < 4.78 is 6.43. The van der Waals surface area contributed by atoms with Crippen LogP contribution in [0.2, 0.25) is 0 Å². The number of allylic oxidation sites excluding steroid dienone is 2. The highest BCUT2D eigenvalue weighted by Gasteiger charge is 1.95. The molecule has 0 rings (SSSR count). The number of rotatable bonds is 15. The van der Waals surface area contributed by atoms with Gasteiger partial charge in [-0.1, -0.05) is 70.4 Å². The van der Waals surface area contributed by atoms with Gasteiger partial charge >= 0.3 is 5.97 Å². The highest BCUT2D eigenvalue weighted by Crippen LogP contribution is 2.09. The molecule has 20 heavy (non-hydrogen) atoms. The van der Waals surface area contributed by atoms with Crippen molar-refractivity contribution in [3.05, 3.63) is 12.2 Å². The third kappa shape index (κ3) is 17.2. The van der Waals surface area contributed by atoms with Gasteiger partial charge in [-0.25, -0.2) is 0 Å². The number of carbonyl (C=O) groups is 1. The molecular weight excluding hydrogens is 248 g/mol. The quantitative estimate of drug-likeness (QED) is 0.291. The van der Waals surface area contributed by atoms with Crippen molar-refractivity contribution in [2.75, 3.05) is 0 Å². The van der Waals surface area contributed by atoms with Gasteiger partial charge in [0.1, 0.15) is 0 Å². The first-order valence-corrected chi connectivity index (χ1v) is 8.62. The fourth-order valence-corrected chi connectivity index (χ4v) is 2.34. The smallest absolute Gasteiger partial charge is 0.303 e. The SMILES string of the molecule is [2H]OC(=O)CCCCCCC/C=C\CCCCCCCC. The number of aliphatic carboxylic acids is 1. The summed E-state index contributed by atoms with van der Waals surface area (Å²) in [6.07, 6.45) is 21.3. The van der Waals surface area contributed by atoms with E-state index in [1.807, 2.05) is 0 Å². The number of unbranched alkanes of at least 4 members (excludes halogenated alkanes) is 11. The van der Waals surface area contributed by atoms with E-state index < -0.39 is 5.97 Å². The first-order chi connectivity index (χ1) is 10.3. The van der Waals surface area contributed by atoms with E-state index >= 15 is 0 Å². The summed E-state index contributed by atoms with van der Waals surface area (Å²) in [5, 5.41) is 3.87. The molecule has 0 atom stereocenters.